The smallest absolute Gasteiger partial charge is 0.283 e. The van der Waals surface area contributed by atoms with E-state index in [0.29, 0.717) is 12.3 Å². The highest BCUT2D eigenvalue weighted by Crippen LogP contribution is 2.18. The van der Waals surface area contributed by atoms with Crippen LogP contribution >= 0.6 is 0 Å². The highest BCUT2D eigenvalue weighted by atomic mass is 16.4. The summed E-state index contributed by atoms with van der Waals surface area (Å²) in [5.74, 6) is 0.793. The molecule has 0 unspecified atom stereocenters. The average Bonchev–Trinajstić information content (AvgIpc) is 3.33. The summed E-state index contributed by atoms with van der Waals surface area (Å²) in [5, 5.41) is 10.3. The molecule has 0 radical (unpaired) electrons. The Labute approximate surface area is 153 Å². The summed E-state index contributed by atoms with van der Waals surface area (Å²) in [5.41, 5.74) is -0.770. The predicted octanol–water partition coefficient (Wildman–Crippen LogP) is 1.01. The molecule has 0 atom stereocenters. The van der Waals surface area contributed by atoms with E-state index in [2.05, 4.69) is 15.3 Å². The summed E-state index contributed by atoms with van der Waals surface area (Å²) >= 11 is 0. The van der Waals surface area contributed by atoms with Crippen LogP contribution in [0.15, 0.2) is 49.0 Å². The number of nitrogens with one attached hydrogen (secondary N) is 1. The highest BCUT2D eigenvalue weighted by molar-refractivity contribution is 5.76. The number of aromatic nitrogens is 4. The van der Waals surface area contributed by atoms with Gasteiger partial charge in [-0.25, -0.2) is 4.68 Å². The van der Waals surface area contributed by atoms with Crippen molar-refractivity contribution >= 4 is 5.91 Å². The molecule has 0 fully saturated rings. The standard InChI is InChI=1S/C17H19N5O5/c1-2-8-21(11-14-18-19-17(27-14)12-4-3-10-26-12)15(24)7-9-22-16(25)6-5-13(23)20-22/h3-6,10H,2,7-9,11H2,1H3,(H,20,23). The number of furan rings is 1. The average molecular weight is 373 g/mol. The molecule has 0 aliphatic carbocycles. The number of aromatic amines is 1. The van der Waals surface area contributed by atoms with Gasteiger partial charge < -0.3 is 13.7 Å². The van der Waals surface area contributed by atoms with Crippen LogP contribution < -0.4 is 11.1 Å². The van der Waals surface area contributed by atoms with Crippen LogP contribution in [0.4, 0.5) is 0 Å². The van der Waals surface area contributed by atoms with Crippen molar-refractivity contribution in [2.24, 2.45) is 0 Å². The van der Waals surface area contributed by atoms with Gasteiger partial charge in [-0.15, -0.1) is 10.2 Å². The Morgan fingerprint density at radius 1 is 1.26 bits per heavy atom. The van der Waals surface area contributed by atoms with Gasteiger partial charge in [0.15, 0.2) is 5.76 Å². The fourth-order valence-corrected chi connectivity index (χ4v) is 2.54. The first-order valence-corrected chi connectivity index (χ1v) is 8.51. The maximum Gasteiger partial charge on any atom is 0.283 e. The second-order valence-electron chi connectivity index (χ2n) is 5.84. The maximum absolute atomic E-state index is 12.6. The Balaban J connectivity index is 1.65. The van der Waals surface area contributed by atoms with Crippen LogP contribution in [-0.4, -0.2) is 37.3 Å². The van der Waals surface area contributed by atoms with Crippen molar-refractivity contribution in [2.75, 3.05) is 6.54 Å². The summed E-state index contributed by atoms with van der Waals surface area (Å²) < 4.78 is 11.9. The first-order chi connectivity index (χ1) is 13.1. The number of nitrogens with zero attached hydrogens (tertiary/aromatic N) is 4. The number of rotatable bonds is 8. The molecule has 0 saturated carbocycles. The van der Waals surface area contributed by atoms with E-state index in [1.807, 2.05) is 6.92 Å². The second kappa shape index (κ2) is 8.30. The lowest BCUT2D eigenvalue weighted by Gasteiger charge is -2.20. The molecule has 3 rings (SSSR count). The lowest BCUT2D eigenvalue weighted by molar-refractivity contribution is -0.132. The molecule has 142 valence electrons. The molecule has 0 bridgehead atoms. The number of carbonyl (C=O) groups is 1. The normalized spacial score (nSPS) is 10.9. The zero-order valence-electron chi connectivity index (χ0n) is 14.8. The third kappa shape index (κ3) is 4.60. The van der Waals surface area contributed by atoms with Crippen LogP contribution in [-0.2, 0) is 17.9 Å². The Bertz CT molecular complexity index is 1000. The lowest BCUT2D eigenvalue weighted by Crippen LogP contribution is -2.34. The number of hydrogen-bond acceptors (Lipinski definition) is 7. The number of carbonyl (C=O) groups excluding carboxylic acids is 1. The predicted molar refractivity (Wildman–Crippen MR) is 93.6 cm³/mol. The molecule has 0 spiro atoms. The van der Waals surface area contributed by atoms with Crippen LogP contribution in [0.25, 0.3) is 11.7 Å². The second-order valence-corrected chi connectivity index (χ2v) is 5.84. The topological polar surface area (TPSA) is 127 Å². The Kier molecular flexibility index (Phi) is 5.64. The molecule has 10 heteroatoms. The van der Waals surface area contributed by atoms with E-state index in [0.717, 1.165) is 17.2 Å². The van der Waals surface area contributed by atoms with Crippen molar-refractivity contribution in [3.8, 4) is 11.7 Å². The van der Waals surface area contributed by atoms with Gasteiger partial charge in [0.1, 0.15) is 0 Å². The Morgan fingerprint density at radius 3 is 2.85 bits per heavy atom. The van der Waals surface area contributed by atoms with Gasteiger partial charge in [-0.2, -0.15) is 0 Å². The third-order valence-corrected chi connectivity index (χ3v) is 3.81. The monoisotopic (exact) mass is 373 g/mol. The van der Waals surface area contributed by atoms with Gasteiger partial charge >= 0.3 is 0 Å². The Morgan fingerprint density at radius 2 is 2.11 bits per heavy atom. The number of H-pyrrole nitrogens is 1. The molecular formula is C17H19N5O5. The van der Waals surface area contributed by atoms with Crippen molar-refractivity contribution in [3.05, 3.63) is 57.1 Å². The van der Waals surface area contributed by atoms with Crippen LogP contribution in [0.1, 0.15) is 25.7 Å². The minimum absolute atomic E-state index is 0.0546. The summed E-state index contributed by atoms with van der Waals surface area (Å²) in [6.45, 7) is 2.68. The van der Waals surface area contributed by atoms with E-state index < -0.39 is 5.56 Å². The number of amides is 1. The molecule has 1 N–H and O–H groups in total. The van der Waals surface area contributed by atoms with E-state index in [1.165, 1.54) is 12.3 Å². The van der Waals surface area contributed by atoms with Crippen molar-refractivity contribution in [1.29, 1.82) is 0 Å². The van der Waals surface area contributed by atoms with Gasteiger partial charge in [0.05, 0.1) is 19.4 Å². The molecule has 3 heterocycles. The molecular weight excluding hydrogens is 354 g/mol. The van der Waals surface area contributed by atoms with E-state index in [-0.39, 0.29) is 42.8 Å². The molecule has 1 amide bonds. The number of hydrogen-bond donors (Lipinski definition) is 1. The summed E-state index contributed by atoms with van der Waals surface area (Å²) in [6.07, 6.45) is 2.30. The minimum Gasteiger partial charge on any atom is -0.459 e. The van der Waals surface area contributed by atoms with E-state index in [9.17, 15) is 14.4 Å². The first-order valence-electron chi connectivity index (χ1n) is 8.51. The summed E-state index contributed by atoms with van der Waals surface area (Å²) in [6, 6.07) is 5.73. The van der Waals surface area contributed by atoms with E-state index >= 15 is 0 Å². The lowest BCUT2D eigenvalue weighted by atomic mass is 10.3. The molecule has 0 saturated heterocycles. The van der Waals surface area contributed by atoms with E-state index in [4.69, 9.17) is 8.83 Å². The molecule has 27 heavy (non-hydrogen) atoms. The van der Waals surface area contributed by atoms with Crippen molar-refractivity contribution in [3.63, 3.8) is 0 Å². The van der Waals surface area contributed by atoms with Crippen LogP contribution in [0, 0.1) is 0 Å². The minimum atomic E-state index is -0.399. The summed E-state index contributed by atoms with van der Waals surface area (Å²) in [7, 11) is 0. The molecule has 0 aromatic carbocycles. The molecule has 0 aliphatic rings. The quantitative estimate of drug-likeness (QED) is 0.624. The van der Waals surface area contributed by atoms with Gasteiger partial charge in [0.25, 0.3) is 17.0 Å². The molecule has 0 aliphatic heterocycles. The SMILES string of the molecule is CCCN(Cc1nnc(-c2ccco2)o1)C(=O)CCn1[nH]c(=O)ccc1=O. The highest BCUT2D eigenvalue weighted by Gasteiger charge is 2.18. The molecule has 10 nitrogen and oxygen atoms in total. The van der Waals surface area contributed by atoms with Crippen molar-refractivity contribution in [1.82, 2.24) is 24.9 Å². The van der Waals surface area contributed by atoms with Gasteiger partial charge in [-0.3, -0.25) is 19.5 Å². The van der Waals surface area contributed by atoms with Gasteiger partial charge in [0.2, 0.25) is 11.8 Å². The fraction of sp³-hybridized carbons (Fsp3) is 0.353. The van der Waals surface area contributed by atoms with Gasteiger partial charge in [-0.05, 0) is 18.6 Å². The maximum atomic E-state index is 12.6. The van der Waals surface area contributed by atoms with Crippen molar-refractivity contribution in [2.45, 2.75) is 32.9 Å². The number of aryl methyl sites for hydroxylation is 1. The van der Waals surface area contributed by atoms with Crippen molar-refractivity contribution < 1.29 is 13.6 Å². The first kappa shape index (κ1) is 18.4. The zero-order valence-corrected chi connectivity index (χ0v) is 14.8. The van der Waals surface area contributed by atoms with Crippen LogP contribution in [0.5, 0.6) is 0 Å². The van der Waals surface area contributed by atoms with Gasteiger partial charge in [0, 0.05) is 25.1 Å². The fourth-order valence-electron chi connectivity index (χ4n) is 2.54. The third-order valence-electron chi connectivity index (χ3n) is 3.81. The largest absolute Gasteiger partial charge is 0.459 e. The zero-order chi connectivity index (χ0) is 19.2. The molecule has 3 aromatic rings. The van der Waals surface area contributed by atoms with Gasteiger partial charge in [-0.1, -0.05) is 6.92 Å². The van der Waals surface area contributed by atoms with E-state index in [1.54, 1.807) is 17.0 Å². The summed E-state index contributed by atoms with van der Waals surface area (Å²) in [4.78, 5) is 37.2. The van der Waals surface area contributed by atoms with Crippen LogP contribution in [0.3, 0.4) is 0 Å². The Hall–Kier alpha value is -3.43. The van der Waals surface area contributed by atoms with Crippen LogP contribution in [0.2, 0.25) is 0 Å². The molecule has 3 aromatic heterocycles.